The van der Waals surface area contributed by atoms with Crippen molar-refractivity contribution >= 4 is 41.4 Å². The molecule has 33 heavy (non-hydrogen) atoms. The fraction of sp³-hybridized carbons (Fsp3) is 0.423. The van der Waals surface area contributed by atoms with E-state index in [9.17, 15) is 4.79 Å². The van der Waals surface area contributed by atoms with E-state index in [0.717, 1.165) is 41.5 Å². The van der Waals surface area contributed by atoms with Crippen molar-refractivity contribution in [1.29, 1.82) is 0 Å². The first-order chi connectivity index (χ1) is 16.2. The minimum absolute atomic E-state index is 0.712. The van der Waals surface area contributed by atoms with Gasteiger partial charge in [-0.25, -0.2) is 0 Å². The van der Waals surface area contributed by atoms with Gasteiger partial charge >= 0.3 is 0 Å². The van der Waals surface area contributed by atoms with Crippen LogP contribution >= 0.6 is 23.7 Å². The summed E-state index contributed by atoms with van der Waals surface area (Å²) in [5.41, 5.74) is 2.35. The molecule has 0 amide bonds. The molecular weight excluding hydrogens is 452 g/mol. The molecule has 0 bridgehead atoms. The molecular formula is C26H40N2O3S2. The van der Waals surface area contributed by atoms with Gasteiger partial charge in [-0.3, -0.25) is 9.52 Å². The summed E-state index contributed by atoms with van der Waals surface area (Å²) in [6.07, 6.45) is 6.13. The zero-order chi connectivity index (χ0) is 24.9. The van der Waals surface area contributed by atoms with E-state index in [4.69, 9.17) is 9.84 Å². The number of para-hydroxylation sites is 1. The molecule has 1 aliphatic rings. The average Bonchev–Trinajstić information content (AvgIpc) is 3.09. The molecule has 5 nitrogen and oxygen atoms in total. The summed E-state index contributed by atoms with van der Waals surface area (Å²) < 4.78 is 9.07. The van der Waals surface area contributed by atoms with Crippen molar-refractivity contribution in [1.82, 2.24) is 4.72 Å². The van der Waals surface area contributed by atoms with Crippen molar-refractivity contribution in [2.75, 3.05) is 30.9 Å². The number of unbranched alkanes of at least 4 members (excludes halogenated alkanes) is 1. The highest BCUT2D eigenvalue weighted by molar-refractivity contribution is 7.99. The maximum atomic E-state index is 10.5. The third kappa shape index (κ3) is 11.2. The second kappa shape index (κ2) is 20.7. The average molecular weight is 493 g/mol. The monoisotopic (exact) mass is 492 g/mol. The largest absolute Gasteiger partial charge is 0.464 e. The summed E-state index contributed by atoms with van der Waals surface area (Å²) >= 11 is 3.35. The van der Waals surface area contributed by atoms with Crippen LogP contribution < -0.4 is 14.4 Å². The van der Waals surface area contributed by atoms with E-state index >= 15 is 0 Å². The third-order valence-corrected chi connectivity index (χ3v) is 5.97. The van der Waals surface area contributed by atoms with Crippen molar-refractivity contribution in [2.45, 2.75) is 57.3 Å². The molecule has 7 heteroatoms. The van der Waals surface area contributed by atoms with E-state index in [0.29, 0.717) is 6.29 Å². The number of hydrogen-bond donors (Lipinski definition) is 2. The summed E-state index contributed by atoms with van der Waals surface area (Å²) in [6.45, 7) is 12.3. The Labute approximate surface area is 209 Å². The molecule has 2 aromatic rings. The molecule has 0 fully saturated rings. The number of fused-ring (bicyclic) bond motifs is 1. The predicted molar refractivity (Wildman–Crippen MR) is 146 cm³/mol. The molecule has 0 radical (unpaired) electrons. The third-order valence-electron chi connectivity index (χ3n) is 4.16. The van der Waals surface area contributed by atoms with Gasteiger partial charge in [-0.1, -0.05) is 65.7 Å². The number of carbonyl (C=O) groups is 1. The number of anilines is 2. The summed E-state index contributed by atoms with van der Waals surface area (Å²) in [4.78, 5) is 15.0. The molecule has 2 N–H and O–H groups in total. The lowest BCUT2D eigenvalue weighted by atomic mass is 10.2. The SMILES string of the molecule is CC.CCCC.CCSc1cc2c(cc1O/C=C/C=O)SNCCN2c1ccccc1.CO. The number of rotatable bonds is 7. The first-order valence-corrected chi connectivity index (χ1v) is 13.3. The zero-order valence-electron chi connectivity index (χ0n) is 20.8. The molecule has 184 valence electrons. The van der Waals surface area contributed by atoms with Crippen LogP contribution in [0.5, 0.6) is 5.75 Å². The Morgan fingerprint density at radius 2 is 1.79 bits per heavy atom. The first kappa shape index (κ1) is 31.1. The van der Waals surface area contributed by atoms with Gasteiger partial charge in [-0.15, -0.1) is 11.8 Å². The molecule has 0 unspecified atom stereocenters. The number of aliphatic hydroxyl groups is 1. The number of benzene rings is 2. The molecule has 2 aromatic carbocycles. The number of nitrogens with zero attached hydrogens (tertiary/aromatic N) is 1. The smallest absolute Gasteiger partial charge is 0.145 e. The Bertz CT molecular complexity index is 785. The predicted octanol–water partition coefficient (Wildman–Crippen LogP) is 7.08. The van der Waals surface area contributed by atoms with Crippen LogP contribution in [-0.4, -0.2) is 37.3 Å². The van der Waals surface area contributed by atoms with Crippen LogP contribution in [0, 0.1) is 0 Å². The zero-order valence-corrected chi connectivity index (χ0v) is 22.5. The molecule has 0 atom stereocenters. The number of carbonyl (C=O) groups excluding carboxylic acids is 1. The van der Waals surface area contributed by atoms with Crippen LogP contribution in [0.25, 0.3) is 0 Å². The topological polar surface area (TPSA) is 61.8 Å². The summed E-state index contributed by atoms with van der Waals surface area (Å²) in [5.74, 6) is 1.72. The van der Waals surface area contributed by atoms with Crippen LogP contribution in [0.2, 0.25) is 0 Å². The molecule has 0 saturated carbocycles. The molecule has 0 aromatic heterocycles. The van der Waals surface area contributed by atoms with Crippen molar-refractivity contribution < 1.29 is 14.6 Å². The lowest BCUT2D eigenvalue weighted by molar-refractivity contribution is -0.104. The fourth-order valence-corrected chi connectivity index (χ4v) is 4.15. The Hall–Kier alpha value is -1.93. The van der Waals surface area contributed by atoms with Gasteiger partial charge in [0.05, 0.1) is 21.7 Å². The molecule has 1 aliphatic heterocycles. The van der Waals surface area contributed by atoms with Crippen LogP contribution in [0.3, 0.4) is 0 Å². The number of ether oxygens (including phenoxy) is 1. The second-order valence-electron chi connectivity index (χ2n) is 6.27. The number of aliphatic hydroxyl groups excluding tert-OH is 1. The van der Waals surface area contributed by atoms with Crippen molar-refractivity contribution in [3.8, 4) is 5.75 Å². The van der Waals surface area contributed by atoms with Gasteiger partial charge in [0.25, 0.3) is 0 Å². The van der Waals surface area contributed by atoms with E-state index < -0.39 is 0 Å². The van der Waals surface area contributed by atoms with Crippen LogP contribution in [-0.2, 0) is 4.79 Å². The van der Waals surface area contributed by atoms with Gasteiger partial charge < -0.3 is 14.7 Å². The van der Waals surface area contributed by atoms with Gasteiger partial charge in [0.15, 0.2) is 0 Å². The van der Waals surface area contributed by atoms with Crippen LogP contribution in [0.1, 0.15) is 47.5 Å². The van der Waals surface area contributed by atoms with Gasteiger partial charge in [-0.2, -0.15) is 0 Å². The minimum Gasteiger partial charge on any atom is -0.464 e. The quantitative estimate of drug-likeness (QED) is 0.141. The highest BCUT2D eigenvalue weighted by Gasteiger charge is 2.20. The molecule has 0 spiro atoms. The summed E-state index contributed by atoms with van der Waals surface area (Å²) in [7, 11) is 1.00. The Kier molecular flexibility index (Phi) is 19.5. The Morgan fingerprint density at radius 3 is 2.36 bits per heavy atom. The highest BCUT2D eigenvalue weighted by Crippen LogP contribution is 2.42. The maximum absolute atomic E-state index is 10.5. The molecule has 3 rings (SSSR count). The van der Waals surface area contributed by atoms with E-state index in [1.54, 1.807) is 23.7 Å². The number of thioether (sulfide) groups is 1. The van der Waals surface area contributed by atoms with Crippen molar-refractivity contribution in [3.05, 3.63) is 54.8 Å². The second-order valence-corrected chi connectivity index (χ2v) is 8.50. The lowest BCUT2D eigenvalue weighted by Gasteiger charge is -2.25. The van der Waals surface area contributed by atoms with Crippen molar-refractivity contribution in [2.24, 2.45) is 0 Å². The van der Waals surface area contributed by atoms with Crippen LogP contribution in [0.4, 0.5) is 11.4 Å². The number of hydrogen-bond acceptors (Lipinski definition) is 7. The minimum atomic E-state index is 0.712. The van der Waals surface area contributed by atoms with Gasteiger partial charge in [0.2, 0.25) is 0 Å². The first-order valence-electron chi connectivity index (χ1n) is 11.5. The Morgan fingerprint density at radius 1 is 1.12 bits per heavy atom. The molecule has 0 aliphatic carbocycles. The summed E-state index contributed by atoms with van der Waals surface area (Å²) in [6, 6.07) is 14.6. The van der Waals surface area contributed by atoms with Gasteiger partial charge in [0.1, 0.15) is 12.0 Å². The number of nitrogens with one attached hydrogen (secondary N) is 1. The van der Waals surface area contributed by atoms with E-state index in [-0.39, 0.29) is 0 Å². The summed E-state index contributed by atoms with van der Waals surface area (Å²) in [5, 5.41) is 7.00. The fourth-order valence-electron chi connectivity index (χ4n) is 2.61. The molecule has 1 heterocycles. The normalized spacial score (nSPS) is 12.0. The van der Waals surface area contributed by atoms with E-state index in [2.05, 4.69) is 60.7 Å². The van der Waals surface area contributed by atoms with E-state index in [1.165, 1.54) is 36.6 Å². The van der Waals surface area contributed by atoms with Crippen LogP contribution in [0.15, 0.2) is 64.6 Å². The maximum Gasteiger partial charge on any atom is 0.145 e. The lowest BCUT2D eigenvalue weighted by Crippen LogP contribution is -2.23. The van der Waals surface area contributed by atoms with E-state index in [1.807, 2.05) is 26.0 Å². The highest BCUT2D eigenvalue weighted by atomic mass is 32.2. The van der Waals surface area contributed by atoms with Gasteiger partial charge in [0, 0.05) is 32.0 Å². The van der Waals surface area contributed by atoms with Gasteiger partial charge in [-0.05, 0) is 42.0 Å². The molecule has 0 saturated heterocycles. The standard InChI is InChI=1S/C19H20N2O2S2.C4H10.C2H6.CH4O/c1-2-24-19-13-16-18(14-17(19)23-12-6-11-22)25-20-9-10-21(16)15-7-4-3-5-8-15;1-3-4-2;2*1-2/h3-8,11-14,20H,2,9-10H2,1H3;3-4H2,1-2H3;1-2H3;2H,1H3/b12-6+;;;. The number of aldehydes is 1. The van der Waals surface area contributed by atoms with Crippen molar-refractivity contribution in [3.63, 3.8) is 0 Å². The Balaban J connectivity index is 0.00000113. The number of allylic oxidation sites excluding steroid dienone is 1.